The minimum Gasteiger partial charge on any atom is -0.369 e. The van der Waals surface area contributed by atoms with Crippen molar-refractivity contribution in [1.82, 2.24) is 0 Å². The van der Waals surface area contributed by atoms with E-state index in [0.29, 0.717) is 0 Å². The molecule has 0 spiro atoms. The summed E-state index contributed by atoms with van der Waals surface area (Å²) in [4.78, 5) is 10.9. The number of nitrogens with two attached hydrogens (primary N) is 1. The fourth-order valence-corrected chi connectivity index (χ4v) is 1.98. The normalized spacial score (nSPS) is 12.8. The Balaban J connectivity index is 3.62. The highest BCUT2D eigenvalue weighted by atomic mass is 32.2. The third-order valence-electron chi connectivity index (χ3n) is 1.66. The van der Waals surface area contributed by atoms with Crippen molar-refractivity contribution < 1.29 is 4.79 Å². The van der Waals surface area contributed by atoms with Crippen LogP contribution in [0.5, 0.6) is 0 Å². The molecule has 0 saturated carbocycles. The Morgan fingerprint density at radius 3 is 2.50 bits per heavy atom. The van der Waals surface area contributed by atoms with E-state index in [0.717, 1.165) is 31.4 Å². The van der Waals surface area contributed by atoms with Crippen LogP contribution in [0.25, 0.3) is 0 Å². The Bertz CT molecular complexity index is 120. The van der Waals surface area contributed by atoms with Gasteiger partial charge >= 0.3 is 0 Å². The predicted molar refractivity (Wildman–Crippen MR) is 55.3 cm³/mol. The monoisotopic (exact) mass is 189 g/mol. The molecule has 0 bridgehead atoms. The molecule has 1 atom stereocenters. The summed E-state index contributed by atoms with van der Waals surface area (Å²) in [6.07, 6.45) is 4.29. The Morgan fingerprint density at radius 2 is 2.08 bits per heavy atom. The van der Waals surface area contributed by atoms with Gasteiger partial charge in [-0.05, 0) is 18.6 Å². The summed E-state index contributed by atoms with van der Waals surface area (Å²) in [6.45, 7) is 4.24. The lowest BCUT2D eigenvalue weighted by Crippen LogP contribution is -2.25. The van der Waals surface area contributed by atoms with Crippen LogP contribution in [0.15, 0.2) is 0 Å². The zero-order valence-corrected chi connectivity index (χ0v) is 8.82. The van der Waals surface area contributed by atoms with Gasteiger partial charge in [0.1, 0.15) is 0 Å². The second-order valence-corrected chi connectivity index (χ2v) is 4.21. The molecule has 12 heavy (non-hydrogen) atoms. The van der Waals surface area contributed by atoms with Gasteiger partial charge in [0.2, 0.25) is 5.91 Å². The summed E-state index contributed by atoms with van der Waals surface area (Å²) < 4.78 is 0. The molecule has 2 N–H and O–H groups in total. The minimum atomic E-state index is -0.151. The quantitative estimate of drug-likeness (QED) is 0.667. The van der Waals surface area contributed by atoms with E-state index in [9.17, 15) is 4.79 Å². The van der Waals surface area contributed by atoms with Gasteiger partial charge in [0, 0.05) is 0 Å². The number of rotatable bonds is 7. The van der Waals surface area contributed by atoms with Crippen LogP contribution in [0.4, 0.5) is 0 Å². The maximum atomic E-state index is 10.9. The number of hydrogen-bond donors (Lipinski definition) is 1. The highest BCUT2D eigenvalue weighted by molar-refractivity contribution is 8.00. The topological polar surface area (TPSA) is 43.1 Å². The maximum absolute atomic E-state index is 10.9. The van der Waals surface area contributed by atoms with Gasteiger partial charge in [-0.3, -0.25) is 4.79 Å². The van der Waals surface area contributed by atoms with Crippen LogP contribution in [0.3, 0.4) is 0 Å². The standard InChI is InChI=1S/C9H19NOS/c1-3-5-6-8(9(10)11)12-7-4-2/h8H,3-7H2,1-2H3,(H2,10,11). The van der Waals surface area contributed by atoms with Gasteiger partial charge in [-0.2, -0.15) is 0 Å². The van der Waals surface area contributed by atoms with E-state index in [2.05, 4.69) is 13.8 Å². The molecule has 0 heterocycles. The van der Waals surface area contributed by atoms with E-state index >= 15 is 0 Å². The molecule has 0 aliphatic carbocycles. The lowest BCUT2D eigenvalue weighted by Gasteiger charge is -2.10. The zero-order chi connectivity index (χ0) is 9.40. The molecule has 0 rings (SSSR count). The number of thioether (sulfide) groups is 1. The fraction of sp³-hybridized carbons (Fsp3) is 0.889. The molecular formula is C9H19NOS. The second-order valence-electron chi connectivity index (χ2n) is 2.90. The molecule has 1 unspecified atom stereocenters. The maximum Gasteiger partial charge on any atom is 0.230 e. The Labute approximate surface area is 79.3 Å². The Kier molecular flexibility index (Phi) is 7.36. The van der Waals surface area contributed by atoms with Gasteiger partial charge in [0.25, 0.3) is 0 Å². The first-order chi connectivity index (χ1) is 5.72. The number of amides is 1. The molecule has 3 heteroatoms. The van der Waals surface area contributed by atoms with Crippen LogP contribution in [-0.4, -0.2) is 16.9 Å². The van der Waals surface area contributed by atoms with Gasteiger partial charge in [0.15, 0.2) is 0 Å². The van der Waals surface area contributed by atoms with E-state index in [4.69, 9.17) is 5.73 Å². The lowest BCUT2D eigenvalue weighted by molar-refractivity contribution is -0.117. The van der Waals surface area contributed by atoms with Gasteiger partial charge in [0.05, 0.1) is 5.25 Å². The largest absolute Gasteiger partial charge is 0.369 e. The Morgan fingerprint density at radius 1 is 1.42 bits per heavy atom. The average molecular weight is 189 g/mol. The van der Waals surface area contributed by atoms with Gasteiger partial charge in [-0.25, -0.2) is 0 Å². The van der Waals surface area contributed by atoms with Crippen LogP contribution in [0.2, 0.25) is 0 Å². The van der Waals surface area contributed by atoms with Crippen molar-refractivity contribution >= 4 is 17.7 Å². The van der Waals surface area contributed by atoms with E-state index in [1.165, 1.54) is 0 Å². The van der Waals surface area contributed by atoms with Crippen LogP contribution >= 0.6 is 11.8 Å². The van der Waals surface area contributed by atoms with Crippen molar-refractivity contribution in [3.05, 3.63) is 0 Å². The summed E-state index contributed by atoms with van der Waals surface area (Å²) in [6, 6.07) is 0. The van der Waals surface area contributed by atoms with Crippen LogP contribution < -0.4 is 5.73 Å². The first-order valence-corrected chi connectivity index (χ1v) is 5.68. The molecule has 0 aromatic carbocycles. The number of carbonyl (C=O) groups excluding carboxylic acids is 1. The van der Waals surface area contributed by atoms with Crippen molar-refractivity contribution in [2.75, 3.05) is 5.75 Å². The van der Waals surface area contributed by atoms with Crippen LogP contribution in [0, 0.1) is 0 Å². The predicted octanol–water partition coefficient (Wildman–Crippen LogP) is 2.17. The van der Waals surface area contributed by atoms with Crippen molar-refractivity contribution in [2.45, 2.75) is 44.8 Å². The fourth-order valence-electron chi connectivity index (χ4n) is 0.957. The summed E-state index contributed by atoms with van der Waals surface area (Å²) >= 11 is 1.70. The number of carbonyl (C=O) groups is 1. The van der Waals surface area contributed by atoms with E-state index in [-0.39, 0.29) is 11.2 Å². The highest BCUT2D eigenvalue weighted by Gasteiger charge is 2.13. The molecule has 1 amide bonds. The van der Waals surface area contributed by atoms with E-state index < -0.39 is 0 Å². The van der Waals surface area contributed by atoms with Crippen LogP contribution in [0.1, 0.15) is 39.5 Å². The SMILES string of the molecule is CCCCC(SCCC)C(N)=O. The summed E-state index contributed by atoms with van der Waals surface area (Å²) in [5.74, 6) is 0.888. The molecule has 0 aliphatic rings. The molecule has 0 aliphatic heterocycles. The summed E-state index contributed by atoms with van der Waals surface area (Å²) in [5.41, 5.74) is 5.26. The second kappa shape index (κ2) is 7.47. The van der Waals surface area contributed by atoms with Gasteiger partial charge in [-0.1, -0.05) is 26.7 Å². The van der Waals surface area contributed by atoms with Crippen LogP contribution in [-0.2, 0) is 4.79 Å². The smallest absolute Gasteiger partial charge is 0.230 e. The minimum absolute atomic E-state index is 0.0462. The Hall–Kier alpha value is -0.180. The van der Waals surface area contributed by atoms with Crippen molar-refractivity contribution in [1.29, 1.82) is 0 Å². The van der Waals surface area contributed by atoms with Gasteiger partial charge < -0.3 is 5.73 Å². The van der Waals surface area contributed by atoms with E-state index in [1.807, 2.05) is 0 Å². The highest BCUT2D eigenvalue weighted by Crippen LogP contribution is 2.17. The first-order valence-electron chi connectivity index (χ1n) is 4.63. The molecule has 0 aromatic rings. The number of unbranched alkanes of at least 4 members (excludes halogenated alkanes) is 1. The summed E-state index contributed by atoms with van der Waals surface area (Å²) in [7, 11) is 0. The lowest BCUT2D eigenvalue weighted by atomic mass is 10.2. The third kappa shape index (κ3) is 5.47. The molecule has 0 radical (unpaired) electrons. The molecule has 72 valence electrons. The molecule has 0 saturated heterocycles. The van der Waals surface area contributed by atoms with E-state index in [1.54, 1.807) is 11.8 Å². The molecule has 0 aromatic heterocycles. The third-order valence-corrected chi connectivity index (χ3v) is 3.17. The van der Waals surface area contributed by atoms with Crippen molar-refractivity contribution in [3.63, 3.8) is 0 Å². The summed E-state index contributed by atoms with van der Waals surface area (Å²) in [5, 5.41) is 0.0462. The number of hydrogen-bond acceptors (Lipinski definition) is 2. The zero-order valence-electron chi connectivity index (χ0n) is 8.01. The van der Waals surface area contributed by atoms with Crippen molar-refractivity contribution in [3.8, 4) is 0 Å². The number of primary amides is 1. The molecule has 0 fully saturated rings. The average Bonchev–Trinajstić information content (AvgIpc) is 2.04. The molecular weight excluding hydrogens is 170 g/mol. The molecule has 2 nitrogen and oxygen atoms in total. The van der Waals surface area contributed by atoms with Gasteiger partial charge in [-0.15, -0.1) is 11.8 Å². The van der Waals surface area contributed by atoms with Crippen molar-refractivity contribution in [2.24, 2.45) is 5.73 Å². The first kappa shape index (κ1) is 11.8.